The smallest absolute Gasteiger partial charge is 0.244 e. The molecule has 0 amide bonds. The van der Waals surface area contributed by atoms with E-state index in [2.05, 4.69) is 34.1 Å². The van der Waals surface area contributed by atoms with E-state index in [1.165, 1.54) is 11.3 Å². The lowest BCUT2D eigenvalue weighted by Crippen LogP contribution is -2.48. The van der Waals surface area contributed by atoms with Crippen molar-refractivity contribution in [3.63, 3.8) is 0 Å². The van der Waals surface area contributed by atoms with Crippen molar-refractivity contribution >= 4 is 38.5 Å². The van der Waals surface area contributed by atoms with Gasteiger partial charge in [0.15, 0.2) is 0 Å². The van der Waals surface area contributed by atoms with E-state index in [1.54, 1.807) is 27.9 Å². The Morgan fingerprint density at radius 3 is 2.52 bits per heavy atom. The molecule has 3 aromatic heterocycles. The predicted octanol–water partition coefficient (Wildman–Crippen LogP) is 4.21. The number of hydrogen-bond acceptors (Lipinski definition) is 7. The Kier molecular flexibility index (Phi) is 5.74. The second-order valence-electron chi connectivity index (χ2n) is 7.34. The van der Waals surface area contributed by atoms with Gasteiger partial charge in [-0.2, -0.15) is 4.31 Å². The molecule has 1 aliphatic heterocycles. The fourth-order valence-electron chi connectivity index (χ4n) is 3.33. The first-order valence-electron chi connectivity index (χ1n) is 9.58. The molecule has 4 rings (SSSR count). The quantitative estimate of drug-likeness (QED) is 0.585. The lowest BCUT2D eigenvalue weighted by atomic mass is 10.2. The van der Waals surface area contributed by atoms with E-state index in [0.29, 0.717) is 37.0 Å². The van der Waals surface area contributed by atoms with Crippen LogP contribution in [0.1, 0.15) is 30.3 Å². The van der Waals surface area contributed by atoms with Crippen LogP contribution in [0.3, 0.4) is 0 Å². The van der Waals surface area contributed by atoms with Crippen molar-refractivity contribution in [1.82, 2.24) is 14.3 Å². The van der Waals surface area contributed by atoms with E-state index in [-0.39, 0.29) is 0 Å². The molecule has 1 aliphatic rings. The first-order valence-corrected chi connectivity index (χ1v) is 12.7. The third kappa shape index (κ3) is 4.09. The van der Waals surface area contributed by atoms with Gasteiger partial charge in [0.05, 0.1) is 15.5 Å². The van der Waals surface area contributed by atoms with Gasteiger partial charge in [-0.3, -0.25) is 0 Å². The standard InChI is InChI=1S/C20H24N4O2S3/c1-14(2)16-13-27-20(22-16)17-12-18(15(3)28-17)29(25,26)24-10-8-23(9-11-24)19-6-4-5-7-21-19/h4-7,12-14H,8-11H2,1-3H3. The Hall–Kier alpha value is -1.81. The molecular weight excluding hydrogens is 424 g/mol. The van der Waals surface area contributed by atoms with Crippen LogP contribution in [0.25, 0.3) is 9.88 Å². The Labute approximate surface area is 179 Å². The largest absolute Gasteiger partial charge is 0.354 e. The fourth-order valence-corrected chi connectivity index (χ4v) is 7.36. The van der Waals surface area contributed by atoms with E-state index in [9.17, 15) is 8.42 Å². The van der Waals surface area contributed by atoms with E-state index in [0.717, 1.165) is 26.3 Å². The molecule has 29 heavy (non-hydrogen) atoms. The van der Waals surface area contributed by atoms with Gasteiger partial charge in [-0.15, -0.1) is 22.7 Å². The SMILES string of the molecule is Cc1sc(-c2nc(C(C)C)cs2)cc1S(=O)(=O)N1CCN(c2ccccn2)CC1. The highest BCUT2D eigenvalue weighted by Gasteiger charge is 2.31. The van der Waals surface area contributed by atoms with Crippen LogP contribution in [0, 0.1) is 6.92 Å². The maximum absolute atomic E-state index is 13.3. The van der Waals surface area contributed by atoms with Crippen molar-refractivity contribution in [3.8, 4) is 9.88 Å². The second-order valence-corrected chi connectivity index (χ2v) is 11.4. The number of thiophene rings is 1. The Balaban J connectivity index is 1.53. The van der Waals surface area contributed by atoms with Crippen molar-refractivity contribution in [2.24, 2.45) is 0 Å². The summed E-state index contributed by atoms with van der Waals surface area (Å²) in [5.41, 5.74) is 1.05. The molecule has 3 aromatic rings. The summed E-state index contributed by atoms with van der Waals surface area (Å²) in [4.78, 5) is 13.3. The van der Waals surface area contributed by atoms with E-state index >= 15 is 0 Å². The number of aromatic nitrogens is 2. The summed E-state index contributed by atoms with van der Waals surface area (Å²) in [6.45, 7) is 8.28. The molecule has 0 saturated carbocycles. The topological polar surface area (TPSA) is 66.4 Å². The Morgan fingerprint density at radius 1 is 1.14 bits per heavy atom. The zero-order valence-corrected chi connectivity index (χ0v) is 19.1. The number of aryl methyl sites for hydroxylation is 1. The third-order valence-corrected chi connectivity index (χ3v) is 9.26. The molecule has 0 radical (unpaired) electrons. The maximum atomic E-state index is 13.3. The van der Waals surface area contributed by atoms with Gasteiger partial charge in [0, 0.05) is 42.6 Å². The molecule has 1 fully saturated rings. The Morgan fingerprint density at radius 2 is 1.90 bits per heavy atom. The number of anilines is 1. The lowest BCUT2D eigenvalue weighted by molar-refractivity contribution is 0.384. The van der Waals surface area contributed by atoms with Crippen molar-refractivity contribution < 1.29 is 8.42 Å². The Bertz CT molecular complexity index is 1080. The molecule has 6 nitrogen and oxygen atoms in total. The number of hydrogen-bond donors (Lipinski definition) is 0. The summed E-state index contributed by atoms with van der Waals surface area (Å²) in [7, 11) is -3.52. The van der Waals surface area contributed by atoms with Crippen molar-refractivity contribution in [2.75, 3.05) is 31.1 Å². The number of piperazine rings is 1. The van der Waals surface area contributed by atoms with Crippen LogP contribution in [0.2, 0.25) is 0 Å². The van der Waals surface area contributed by atoms with Crippen LogP contribution in [0.15, 0.2) is 40.7 Å². The van der Waals surface area contributed by atoms with Gasteiger partial charge in [-0.1, -0.05) is 19.9 Å². The van der Waals surface area contributed by atoms with Crippen LogP contribution >= 0.6 is 22.7 Å². The molecule has 9 heteroatoms. The average molecular weight is 449 g/mol. The summed E-state index contributed by atoms with van der Waals surface area (Å²) in [6, 6.07) is 7.58. The monoisotopic (exact) mass is 448 g/mol. The van der Waals surface area contributed by atoms with Crippen LogP contribution in [-0.2, 0) is 10.0 Å². The molecule has 1 saturated heterocycles. The second kappa shape index (κ2) is 8.14. The van der Waals surface area contributed by atoms with Crippen LogP contribution in [0.4, 0.5) is 5.82 Å². The summed E-state index contributed by atoms with van der Waals surface area (Å²) in [5.74, 6) is 1.25. The van der Waals surface area contributed by atoms with E-state index in [4.69, 9.17) is 0 Å². The number of sulfonamides is 1. The predicted molar refractivity (Wildman–Crippen MR) is 119 cm³/mol. The highest BCUT2D eigenvalue weighted by molar-refractivity contribution is 7.89. The number of rotatable bonds is 5. The van der Waals surface area contributed by atoms with Gasteiger partial charge in [0.25, 0.3) is 0 Å². The van der Waals surface area contributed by atoms with Gasteiger partial charge >= 0.3 is 0 Å². The van der Waals surface area contributed by atoms with Crippen molar-refractivity contribution in [2.45, 2.75) is 31.6 Å². The summed E-state index contributed by atoms with van der Waals surface area (Å²) in [5, 5.41) is 2.95. The van der Waals surface area contributed by atoms with Crippen molar-refractivity contribution in [3.05, 3.63) is 46.4 Å². The minimum Gasteiger partial charge on any atom is -0.354 e. The summed E-state index contributed by atoms with van der Waals surface area (Å²) >= 11 is 3.08. The summed E-state index contributed by atoms with van der Waals surface area (Å²) < 4.78 is 28.2. The molecule has 0 unspecified atom stereocenters. The molecule has 154 valence electrons. The van der Waals surface area contributed by atoms with Crippen LogP contribution < -0.4 is 4.90 Å². The number of thiazole rings is 1. The first-order chi connectivity index (χ1) is 13.9. The fraction of sp³-hybridized carbons (Fsp3) is 0.400. The lowest BCUT2D eigenvalue weighted by Gasteiger charge is -2.34. The molecule has 0 aliphatic carbocycles. The van der Waals surface area contributed by atoms with E-state index < -0.39 is 10.0 Å². The molecule has 0 bridgehead atoms. The molecule has 4 heterocycles. The molecule has 0 atom stereocenters. The minimum absolute atomic E-state index is 0.361. The van der Waals surface area contributed by atoms with Crippen LogP contribution in [0.5, 0.6) is 0 Å². The number of nitrogens with zero attached hydrogens (tertiary/aromatic N) is 4. The van der Waals surface area contributed by atoms with Gasteiger partial charge in [0.1, 0.15) is 10.8 Å². The third-order valence-electron chi connectivity index (χ3n) is 5.03. The number of pyridine rings is 1. The van der Waals surface area contributed by atoms with Crippen LogP contribution in [-0.4, -0.2) is 48.9 Å². The highest BCUT2D eigenvalue weighted by Crippen LogP contribution is 2.37. The maximum Gasteiger partial charge on any atom is 0.244 e. The average Bonchev–Trinajstić information content (AvgIpc) is 3.36. The summed E-state index contributed by atoms with van der Waals surface area (Å²) in [6.07, 6.45) is 1.76. The molecule has 0 aromatic carbocycles. The highest BCUT2D eigenvalue weighted by atomic mass is 32.2. The molecular formula is C20H24N4O2S3. The normalized spacial score (nSPS) is 15.9. The van der Waals surface area contributed by atoms with Gasteiger partial charge in [-0.05, 0) is 31.0 Å². The first kappa shape index (κ1) is 20.5. The minimum atomic E-state index is -3.52. The van der Waals surface area contributed by atoms with E-state index in [1.807, 2.05) is 25.1 Å². The molecule has 0 spiro atoms. The zero-order chi connectivity index (χ0) is 20.6. The zero-order valence-electron chi connectivity index (χ0n) is 16.7. The van der Waals surface area contributed by atoms with Crippen molar-refractivity contribution in [1.29, 1.82) is 0 Å². The van der Waals surface area contributed by atoms with Gasteiger partial charge in [0.2, 0.25) is 10.0 Å². The molecule has 0 N–H and O–H groups in total. The van der Waals surface area contributed by atoms with Gasteiger partial charge < -0.3 is 4.90 Å². The van der Waals surface area contributed by atoms with Gasteiger partial charge in [-0.25, -0.2) is 18.4 Å².